The number of ether oxygens (including phenoxy) is 1. The Labute approximate surface area is 113 Å². The first-order chi connectivity index (χ1) is 9.22. The minimum Gasteiger partial charge on any atom is -0.494 e. The Morgan fingerprint density at radius 3 is 2.84 bits per heavy atom. The van der Waals surface area contributed by atoms with Crippen molar-refractivity contribution < 1.29 is 14.6 Å². The van der Waals surface area contributed by atoms with Crippen LogP contribution < -0.4 is 10.1 Å². The Morgan fingerprint density at radius 2 is 2.26 bits per heavy atom. The third-order valence-electron chi connectivity index (χ3n) is 3.51. The molecule has 1 saturated carbocycles. The Bertz CT molecular complexity index is 441. The fourth-order valence-electron chi connectivity index (χ4n) is 2.25. The van der Waals surface area contributed by atoms with Crippen LogP contribution in [0.1, 0.15) is 38.2 Å². The molecule has 0 heterocycles. The van der Waals surface area contributed by atoms with E-state index >= 15 is 0 Å². The minimum atomic E-state index is -0.0956. The van der Waals surface area contributed by atoms with E-state index in [9.17, 15) is 9.90 Å². The van der Waals surface area contributed by atoms with Gasteiger partial charge in [-0.05, 0) is 43.9 Å². The first-order valence-electron chi connectivity index (χ1n) is 6.89. The number of aliphatic hydroxyl groups is 1. The number of rotatable bonds is 6. The van der Waals surface area contributed by atoms with Crippen LogP contribution in [0.4, 0.5) is 5.69 Å². The third kappa shape index (κ3) is 3.70. The summed E-state index contributed by atoms with van der Waals surface area (Å²) < 4.78 is 5.41. The molecule has 0 bridgehead atoms. The average Bonchev–Trinajstić information content (AvgIpc) is 2.36. The number of hydrogen-bond donors (Lipinski definition) is 2. The van der Waals surface area contributed by atoms with Crippen LogP contribution in [-0.2, 0) is 11.4 Å². The van der Waals surface area contributed by atoms with E-state index < -0.39 is 0 Å². The van der Waals surface area contributed by atoms with E-state index in [1.165, 1.54) is 19.3 Å². The molecule has 2 rings (SSSR count). The zero-order valence-electron chi connectivity index (χ0n) is 11.3. The van der Waals surface area contributed by atoms with Crippen molar-refractivity contribution in [1.29, 1.82) is 0 Å². The Morgan fingerprint density at radius 1 is 1.47 bits per heavy atom. The summed E-state index contributed by atoms with van der Waals surface area (Å²) in [5.74, 6) is 1.28. The second-order valence-corrected chi connectivity index (χ2v) is 4.96. The summed E-state index contributed by atoms with van der Waals surface area (Å²) in [6, 6.07) is 5.36. The molecular weight excluding hydrogens is 242 g/mol. The number of amides is 1. The van der Waals surface area contributed by atoms with E-state index in [1.807, 2.05) is 13.0 Å². The molecule has 4 heteroatoms. The summed E-state index contributed by atoms with van der Waals surface area (Å²) >= 11 is 0. The first kappa shape index (κ1) is 13.9. The van der Waals surface area contributed by atoms with Crippen molar-refractivity contribution in [3.05, 3.63) is 23.8 Å². The molecule has 4 nitrogen and oxygen atoms in total. The molecule has 1 aromatic carbocycles. The maximum Gasteiger partial charge on any atom is 0.224 e. The van der Waals surface area contributed by atoms with Crippen molar-refractivity contribution in [1.82, 2.24) is 0 Å². The lowest BCUT2D eigenvalue weighted by atomic mass is 9.83. The van der Waals surface area contributed by atoms with Gasteiger partial charge in [-0.1, -0.05) is 6.42 Å². The average molecular weight is 263 g/mol. The molecular formula is C15H21NO3. The van der Waals surface area contributed by atoms with Gasteiger partial charge >= 0.3 is 0 Å². The molecule has 104 valence electrons. The number of carbonyl (C=O) groups is 1. The lowest BCUT2D eigenvalue weighted by molar-refractivity contribution is -0.117. The Hall–Kier alpha value is -1.55. The zero-order valence-corrected chi connectivity index (χ0v) is 11.3. The largest absolute Gasteiger partial charge is 0.494 e. The highest BCUT2D eigenvalue weighted by Crippen LogP contribution is 2.30. The third-order valence-corrected chi connectivity index (χ3v) is 3.51. The summed E-state index contributed by atoms with van der Waals surface area (Å²) in [5.41, 5.74) is 1.42. The molecule has 1 fully saturated rings. The van der Waals surface area contributed by atoms with E-state index in [4.69, 9.17) is 4.74 Å². The van der Waals surface area contributed by atoms with Crippen molar-refractivity contribution in [3.63, 3.8) is 0 Å². The van der Waals surface area contributed by atoms with Crippen LogP contribution in [0, 0.1) is 5.92 Å². The number of carbonyl (C=O) groups excluding carboxylic acids is 1. The van der Waals surface area contributed by atoms with Crippen molar-refractivity contribution in [2.45, 2.75) is 39.2 Å². The van der Waals surface area contributed by atoms with Gasteiger partial charge in [-0.25, -0.2) is 0 Å². The number of nitrogens with one attached hydrogen (secondary N) is 1. The molecule has 0 aromatic heterocycles. The second-order valence-electron chi connectivity index (χ2n) is 4.96. The summed E-state index contributed by atoms with van der Waals surface area (Å²) in [4.78, 5) is 11.8. The smallest absolute Gasteiger partial charge is 0.224 e. The van der Waals surface area contributed by atoms with Gasteiger partial charge in [-0.3, -0.25) is 4.79 Å². The molecule has 1 amide bonds. The van der Waals surface area contributed by atoms with E-state index in [2.05, 4.69) is 5.32 Å². The SMILES string of the molecule is CCOc1ccc(NC(=O)CC2CCC2)cc1CO. The highest BCUT2D eigenvalue weighted by molar-refractivity contribution is 5.91. The Balaban J connectivity index is 1.97. The van der Waals surface area contributed by atoms with Crippen LogP contribution in [0.15, 0.2) is 18.2 Å². The highest BCUT2D eigenvalue weighted by atomic mass is 16.5. The Kier molecular flexibility index (Phi) is 4.80. The zero-order chi connectivity index (χ0) is 13.7. The number of benzene rings is 1. The van der Waals surface area contributed by atoms with E-state index in [-0.39, 0.29) is 12.5 Å². The lowest BCUT2D eigenvalue weighted by Crippen LogP contribution is -2.20. The molecule has 1 aliphatic rings. The molecule has 0 spiro atoms. The summed E-state index contributed by atoms with van der Waals surface area (Å²) in [6.45, 7) is 2.36. The second kappa shape index (κ2) is 6.57. The fourth-order valence-corrected chi connectivity index (χ4v) is 2.25. The van der Waals surface area contributed by atoms with Crippen molar-refractivity contribution in [3.8, 4) is 5.75 Å². The van der Waals surface area contributed by atoms with Gasteiger partial charge in [-0.15, -0.1) is 0 Å². The van der Waals surface area contributed by atoms with Gasteiger partial charge in [0.05, 0.1) is 13.2 Å². The summed E-state index contributed by atoms with van der Waals surface area (Å²) in [7, 11) is 0. The van der Waals surface area contributed by atoms with Gasteiger partial charge in [0.25, 0.3) is 0 Å². The molecule has 0 saturated heterocycles. The molecule has 2 N–H and O–H groups in total. The van der Waals surface area contributed by atoms with Crippen LogP contribution in [0.3, 0.4) is 0 Å². The standard InChI is InChI=1S/C15H21NO3/c1-2-19-14-7-6-13(9-12(14)10-17)16-15(18)8-11-4-3-5-11/h6-7,9,11,17H,2-5,8,10H2,1H3,(H,16,18). The predicted octanol–water partition coefficient (Wildman–Crippen LogP) is 2.71. The number of aliphatic hydroxyl groups excluding tert-OH is 1. The van der Waals surface area contributed by atoms with Crippen molar-refractivity contribution in [2.24, 2.45) is 5.92 Å². The highest BCUT2D eigenvalue weighted by Gasteiger charge is 2.20. The summed E-state index contributed by atoms with van der Waals surface area (Å²) in [6.07, 6.45) is 4.18. The van der Waals surface area contributed by atoms with Crippen molar-refractivity contribution >= 4 is 11.6 Å². The lowest BCUT2D eigenvalue weighted by Gasteiger charge is -2.24. The van der Waals surface area contributed by atoms with Crippen molar-refractivity contribution in [2.75, 3.05) is 11.9 Å². The van der Waals surface area contributed by atoms with Gasteiger partial charge < -0.3 is 15.2 Å². The topological polar surface area (TPSA) is 58.6 Å². The minimum absolute atomic E-state index is 0.0535. The van der Waals surface area contributed by atoms with E-state index in [1.54, 1.807) is 12.1 Å². The predicted molar refractivity (Wildman–Crippen MR) is 74.1 cm³/mol. The molecule has 1 aromatic rings. The van der Waals surface area contributed by atoms with Gasteiger partial charge in [-0.2, -0.15) is 0 Å². The van der Waals surface area contributed by atoms with Gasteiger partial charge in [0.2, 0.25) is 5.91 Å². The fraction of sp³-hybridized carbons (Fsp3) is 0.533. The monoisotopic (exact) mass is 263 g/mol. The molecule has 0 atom stereocenters. The quantitative estimate of drug-likeness (QED) is 0.829. The van der Waals surface area contributed by atoms with Crippen LogP contribution in [0.5, 0.6) is 5.75 Å². The summed E-state index contributed by atoms with van der Waals surface area (Å²) in [5, 5.41) is 12.2. The maximum atomic E-state index is 11.8. The molecule has 0 aliphatic heterocycles. The van der Waals surface area contributed by atoms with Crippen LogP contribution in [0.2, 0.25) is 0 Å². The molecule has 0 radical (unpaired) electrons. The normalized spacial score (nSPS) is 14.8. The van der Waals surface area contributed by atoms with Gasteiger partial charge in [0, 0.05) is 17.7 Å². The van der Waals surface area contributed by atoms with Gasteiger partial charge in [0.15, 0.2) is 0 Å². The van der Waals surface area contributed by atoms with E-state index in [0.717, 1.165) is 5.69 Å². The van der Waals surface area contributed by atoms with E-state index in [0.29, 0.717) is 30.3 Å². The maximum absolute atomic E-state index is 11.8. The molecule has 0 unspecified atom stereocenters. The molecule has 1 aliphatic carbocycles. The van der Waals surface area contributed by atoms with Crippen LogP contribution in [0.25, 0.3) is 0 Å². The van der Waals surface area contributed by atoms with Crippen LogP contribution in [-0.4, -0.2) is 17.6 Å². The molecule has 19 heavy (non-hydrogen) atoms. The van der Waals surface area contributed by atoms with Gasteiger partial charge in [0.1, 0.15) is 5.75 Å². The number of hydrogen-bond acceptors (Lipinski definition) is 3. The first-order valence-corrected chi connectivity index (χ1v) is 6.89. The number of anilines is 1. The van der Waals surface area contributed by atoms with Crippen LogP contribution >= 0.6 is 0 Å².